The zero-order valence-electron chi connectivity index (χ0n) is 23.9. The van der Waals surface area contributed by atoms with Crippen LogP contribution in [0.4, 0.5) is 0 Å². The van der Waals surface area contributed by atoms with Gasteiger partial charge in [-0.3, -0.25) is 9.69 Å². The van der Waals surface area contributed by atoms with E-state index in [1.807, 2.05) is 35.2 Å². The molecule has 0 N–H and O–H groups in total. The molecule has 4 aromatic rings. The average molecular weight is 567 g/mol. The largest absolute Gasteiger partial charge is 0.492 e. The number of ether oxygens (including phenoxy) is 3. The second kappa shape index (κ2) is 11.1. The minimum atomic E-state index is -0.281. The van der Waals surface area contributed by atoms with E-state index in [0.717, 1.165) is 62.1 Å². The number of methoxy groups -OCH3 is 1. The summed E-state index contributed by atoms with van der Waals surface area (Å²) in [6.07, 6.45) is 3.91. The zero-order chi connectivity index (χ0) is 28.6. The third-order valence-electron chi connectivity index (χ3n) is 8.74. The third-order valence-corrected chi connectivity index (χ3v) is 8.74. The lowest BCUT2D eigenvalue weighted by Crippen LogP contribution is -2.39. The molecule has 7 rings (SSSR count). The summed E-state index contributed by atoms with van der Waals surface area (Å²) in [6, 6.07) is 20.0. The van der Waals surface area contributed by atoms with Crippen molar-refractivity contribution < 1.29 is 19.0 Å². The van der Waals surface area contributed by atoms with Crippen molar-refractivity contribution in [3.05, 3.63) is 88.7 Å². The molecule has 10 nitrogen and oxygen atoms in total. The van der Waals surface area contributed by atoms with Gasteiger partial charge in [-0.1, -0.05) is 36.4 Å². The van der Waals surface area contributed by atoms with E-state index in [4.69, 9.17) is 14.2 Å². The van der Waals surface area contributed by atoms with Gasteiger partial charge in [0, 0.05) is 30.8 Å². The van der Waals surface area contributed by atoms with Gasteiger partial charge in [0.2, 0.25) is 12.5 Å². The third kappa shape index (κ3) is 4.75. The number of amides is 1. The molecule has 1 fully saturated rings. The molecule has 42 heavy (non-hydrogen) atoms. The minimum Gasteiger partial charge on any atom is -0.492 e. The highest BCUT2D eigenvalue weighted by atomic mass is 16.7. The van der Waals surface area contributed by atoms with Gasteiger partial charge in [0.25, 0.3) is 5.91 Å². The van der Waals surface area contributed by atoms with Crippen molar-refractivity contribution >= 4 is 5.91 Å². The molecule has 0 saturated carbocycles. The number of carbonyl (C=O) groups is 1. The van der Waals surface area contributed by atoms with Crippen LogP contribution in [0.2, 0.25) is 0 Å². The molecule has 0 unspecified atom stereocenters. The Morgan fingerprint density at radius 1 is 1.02 bits per heavy atom. The Morgan fingerprint density at radius 2 is 1.86 bits per heavy atom. The van der Waals surface area contributed by atoms with Crippen molar-refractivity contribution in [2.24, 2.45) is 5.92 Å². The number of fused-ring (bicyclic) bond motifs is 2. The summed E-state index contributed by atoms with van der Waals surface area (Å²) in [7, 11) is 3.70. The van der Waals surface area contributed by atoms with Gasteiger partial charge in [-0.25, -0.2) is 0 Å². The summed E-state index contributed by atoms with van der Waals surface area (Å²) in [4.78, 5) is 17.8. The van der Waals surface area contributed by atoms with E-state index >= 15 is 0 Å². The number of likely N-dealkylation sites (tertiary alicyclic amines) is 1. The van der Waals surface area contributed by atoms with Crippen LogP contribution in [0.3, 0.4) is 0 Å². The number of rotatable bonds is 6. The van der Waals surface area contributed by atoms with Crippen LogP contribution in [0.25, 0.3) is 5.69 Å². The highest BCUT2D eigenvalue weighted by Crippen LogP contribution is 2.50. The van der Waals surface area contributed by atoms with Crippen LogP contribution in [0, 0.1) is 5.92 Å². The van der Waals surface area contributed by atoms with Gasteiger partial charge < -0.3 is 19.1 Å². The van der Waals surface area contributed by atoms with E-state index in [0.29, 0.717) is 34.6 Å². The lowest BCUT2D eigenvalue weighted by atomic mass is 9.90. The molecule has 1 amide bonds. The van der Waals surface area contributed by atoms with Crippen LogP contribution in [-0.4, -0.2) is 76.5 Å². The Hall–Kier alpha value is -4.44. The van der Waals surface area contributed by atoms with E-state index in [9.17, 15) is 4.79 Å². The Balaban J connectivity index is 1.14. The van der Waals surface area contributed by atoms with E-state index in [2.05, 4.69) is 57.8 Å². The molecule has 4 heterocycles. The second-order valence-corrected chi connectivity index (χ2v) is 11.3. The molecule has 3 aromatic carbocycles. The quantitative estimate of drug-likeness (QED) is 0.345. The van der Waals surface area contributed by atoms with Crippen LogP contribution in [-0.2, 0) is 12.8 Å². The lowest BCUT2D eigenvalue weighted by molar-refractivity contribution is 0.0690. The number of benzene rings is 3. The topological polar surface area (TPSA) is 94.8 Å². The first kappa shape index (κ1) is 26.5. The minimum absolute atomic E-state index is 0.0409. The molecule has 0 aliphatic carbocycles. The van der Waals surface area contributed by atoms with Crippen LogP contribution in [0.15, 0.2) is 60.7 Å². The van der Waals surface area contributed by atoms with Crippen molar-refractivity contribution in [1.29, 1.82) is 0 Å². The van der Waals surface area contributed by atoms with Crippen LogP contribution in [0.1, 0.15) is 51.8 Å². The smallest absolute Gasteiger partial charge is 0.253 e. The molecule has 1 aromatic heterocycles. The van der Waals surface area contributed by atoms with E-state index in [1.54, 1.807) is 11.8 Å². The maximum absolute atomic E-state index is 13.6. The normalized spacial score (nSPS) is 18.6. The molecular formula is C32H34N6O4. The molecule has 1 atom stereocenters. The van der Waals surface area contributed by atoms with E-state index < -0.39 is 0 Å². The van der Waals surface area contributed by atoms with Gasteiger partial charge in [-0.05, 0) is 84.5 Å². The zero-order valence-corrected chi connectivity index (χ0v) is 23.9. The predicted molar refractivity (Wildman–Crippen MR) is 155 cm³/mol. The standard InChI is InChI=1S/C32H34N6O4/c1-36-14-13-23-19-26-29(42-20-41-26)30(40-2)27(23)28(36)31-33-34-35-38(31)25-10-6-9-24(18-25)32(39)37-15-11-22(12-16-37)17-21-7-4-3-5-8-21/h3-10,18-19,22,28H,11-17,20H2,1-2H3/t28-/m1/s1. The molecule has 0 radical (unpaired) electrons. The maximum Gasteiger partial charge on any atom is 0.253 e. The first-order chi connectivity index (χ1) is 20.6. The average Bonchev–Trinajstić information content (AvgIpc) is 3.71. The summed E-state index contributed by atoms with van der Waals surface area (Å²) in [5, 5.41) is 12.9. The van der Waals surface area contributed by atoms with Crippen molar-refractivity contribution in [2.45, 2.75) is 31.7 Å². The number of nitrogens with zero attached hydrogens (tertiary/aromatic N) is 6. The summed E-state index contributed by atoms with van der Waals surface area (Å²) >= 11 is 0. The fourth-order valence-electron chi connectivity index (χ4n) is 6.55. The number of tetrazole rings is 1. The summed E-state index contributed by atoms with van der Waals surface area (Å²) in [5.41, 5.74) is 4.82. The Labute approximate surface area is 244 Å². The van der Waals surface area contributed by atoms with Crippen LogP contribution in [0.5, 0.6) is 17.2 Å². The molecule has 3 aliphatic heterocycles. The van der Waals surface area contributed by atoms with Crippen molar-refractivity contribution in [3.63, 3.8) is 0 Å². The molecule has 0 bridgehead atoms. The first-order valence-electron chi connectivity index (χ1n) is 14.5. The summed E-state index contributed by atoms with van der Waals surface area (Å²) in [5.74, 6) is 3.23. The Kier molecular flexibility index (Phi) is 6.99. The lowest BCUT2D eigenvalue weighted by Gasteiger charge is -2.34. The van der Waals surface area contributed by atoms with E-state index in [1.165, 1.54) is 5.56 Å². The number of hydrogen-bond acceptors (Lipinski definition) is 8. The Morgan fingerprint density at radius 3 is 2.67 bits per heavy atom. The van der Waals surface area contributed by atoms with Gasteiger partial charge in [-0.2, -0.15) is 4.68 Å². The SMILES string of the molecule is COc1c2c(cc3c1[C@H](c1nnnn1-c1cccc(C(=O)N4CCC(Cc5ccccc5)CC4)c1)N(C)CC3)OCO2. The Bertz CT molecular complexity index is 1600. The fraction of sp³-hybridized carbons (Fsp3) is 0.375. The number of likely N-dealkylation sites (N-methyl/N-ethyl adjacent to an activating group) is 1. The molecule has 10 heteroatoms. The molecule has 1 saturated heterocycles. The highest BCUT2D eigenvalue weighted by Gasteiger charge is 2.38. The van der Waals surface area contributed by atoms with Crippen LogP contribution < -0.4 is 14.2 Å². The maximum atomic E-state index is 13.6. The van der Waals surface area contributed by atoms with E-state index in [-0.39, 0.29) is 18.7 Å². The number of carbonyl (C=O) groups excluding carboxylic acids is 1. The molecule has 0 spiro atoms. The molecular weight excluding hydrogens is 532 g/mol. The number of piperidine rings is 1. The predicted octanol–water partition coefficient (Wildman–Crippen LogP) is 4.07. The van der Waals surface area contributed by atoms with Gasteiger partial charge in [0.05, 0.1) is 12.8 Å². The monoisotopic (exact) mass is 566 g/mol. The summed E-state index contributed by atoms with van der Waals surface area (Å²) < 4.78 is 19.0. The number of aromatic nitrogens is 4. The van der Waals surface area contributed by atoms with Crippen molar-refractivity contribution in [2.75, 3.05) is 40.6 Å². The van der Waals surface area contributed by atoms with Gasteiger partial charge >= 0.3 is 0 Å². The van der Waals surface area contributed by atoms with Gasteiger partial charge in [-0.15, -0.1) is 5.10 Å². The van der Waals surface area contributed by atoms with Gasteiger partial charge in [0.15, 0.2) is 17.3 Å². The van der Waals surface area contributed by atoms with Crippen molar-refractivity contribution in [1.82, 2.24) is 30.0 Å². The van der Waals surface area contributed by atoms with Crippen molar-refractivity contribution in [3.8, 4) is 22.9 Å². The summed E-state index contributed by atoms with van der Waals surface area (Å²) in [6.45, 7) is 2.50. The molecule has 3 aliphatic rings. The first-order valence-corrected chi connectivity index (χ1v) is 14.5. The van der Waals surface area contributed by atoms with Crippen LogP contribution >= 0.6 is 0 Å². The number of hydrogen-bond donors (Lipinski definition) is 0. The van der Waals surface area contributed by atoms with Gasteiger partial charge in [0.1, 0.15) is 6.04 Å². The fourth-order valence-corrected chi connectivity index (χ4v) is 6.55. The highest BCUT2D eigenvalue weighted by molar-refractivity contribution is 5.94. The second-order valence-electron chi connectivity index (χ2n) is 11.3. The molecule has 216 valence electrons.